The quantitative estimate of drug-likeness (QED) is 0.748. The van der Waals surface area contributed by atoms with Crippen molar-refractivity contribution in [2.24, 2.45) is 5.92 Å². The largest absolute Gasteiger partial charge is 0.458 e. The molecule has 0 spiro atoms. The summed E-state index contributed by atoms with van der Waals surface area (Å²) in [5, 5.41) is 5.27. The van der Waals surface area contributed by atoms with E-state index in [0.29, 0.717) is 21.5 Å². The van der Waals surface area contributed by atoms with E-state index in [1.54, 1.807) is 6.07 Å². The Morgan fingerprint density at radius 3 is 2.50 bits per heavy atom. The number of rotatable bonds is 3. The maximum Gasteiger partial charge on any atom is 0.154 e. The Morgan fingerprint density at radius 1 is 1.28 bits per heavy atom. The molecule has 1 N–H and O–H groups in total. The molecule has 1 atom stereocenters. The fourth-order valence-electron chi connectivity index (χ4n) is 2.08. The van der Waals surface area contributed by atoms with E-state index in [1.165, 1.54) is 0 Å². The summed E-state index contributed by atoms with van der Waals surface area (Å²) < 4.78 is 6.63. The van der Waals surface area contributed by atoms with Crippen molar-refractivity contribution in [2.45, 2.75) is 19.9 Å². The molecule has 0 saturated carbocycles. The maximum atomic E-state index is 6.25. The van der Waals surface area contributed by atoms with Crippen LogP contribution in [0.2, 0.25) is 10.0 Å². The fraction of sp³-hybridized carbons (Fsp3) is 0.385. The van der Waals surface area contributed by atoms with E-state index in [0.717, 1.165) is 15.6 Å². The van der Waals surface area contributed by atoms with Crippen LogP contribution in [0.1, 0.15) is 25.6 Å². The van der Waals surface area contributed by atoms with Crippen molar-refractivity contribution < 1.29 is 4.42 Å². The molecule has 2 nitrogen and oxygen atoms in total. The number of hydrogen-bond donors (Lipinski definition) is 1. The van der Waals surface area contributed by atoms with Gasteiger partial charge >= 0.3 is 0 Å². The molecule has 1 aromatic heterocycles. The van der Waals surface area contributed by atoms with Gasteiger partial charge in [0, 0.05) is 9.86 Å². The summed E-state index contributed by atoms with van der Waals surface area (Å²) in [4.78, 5) is 0. The predicted octanol–water partition coefficient (Wildman–Crippen LogP) is 5.42. The highest BCUT2D eigenvalue weighted by molar-refractivity contribution is 9.10. The zero-order chi connectivity index (χ0) is 13.4. The molecule has 2 rings (SSSR count). The average Bonchev–Trinajstić information content (AvgIpc) is 2.72. The third-order valence-electron chi connectivity index (χ3n) is 2.95. The summed E-state index contributed by atoms with van der Waals surface area (Å²) in [5.41, 5.74) is 0.640. The minimum atomic E-state index is 0.142. The molecule has 2 aromatic rings. The topological polar surface area (TPSA) is 25.2 Å². The molecule has 0 amide bonds. The Balaban J connectivity index is 2.63. The first-order chi connectivity index (χ1) is 8.45. The zero-order valence-corrected chi connectivity index (χ0v) is 13.4. The van der Waals surface area contributed by atoms with Gasteiger partial charge in [-0.25, -0.2) is 0 Å². The fourth-order valence-corrected chi connectivity index (χ4v) is 3.10. The molecule has 0 radical (unpaired) electrons. The number of hydrogen-bond acceptors (Lipinski definition) is 2. The van der Waals surface area contributed by atoms with Crippen LogP contribution in [0, 0.1) is 5.92 Å². The predicted molar refractivity (Wildman–Crippen MR) is 80.6 cm³/mol. The summed E-state index contributed by atoms with van der Waals surface area (Å²) in [6, 6.07) is 3.85. The molecule has 18 heavy (non-hydrogen) atoms. The summed E-state index contributed by atoms with van der Waals surface area (Å²) in [7, 11) is 1.91. The SMILES string of the molecule is CNC(c1cc2c(Cl)c(Br)cc(Cl)c2o1)C(C)C. The van der Waals surface area contributed by atoms with Gasteiger partial charge in [-0.15, -0.1) is 0 Å². The van der Waals surface area contributed by atoms with Crippen LogP contribution in [0.5, 0.6) is 0 Å². The van der Waals surface area contributed by atoms with Crippen LogP contribution in [0.3, 0.4) is 0 Å². The third-order valence-corrected chi connectivity index (χ3v) is 4.49. The van der Waals surface area contributed by atoms with Crippen molar-refractivity contribution >= 4 is 50.1 Å². The Hall–Kier alpha value is -0.220. The number of nitrogens with one attached hydrogen (secondary N) is 1. The molecule has 0 aliphatic rings. The number of halogens is 3. The molecule has 0 saturated heterocycles. The van der Waals surface area contributed by atoms with Gasteiger partial charge in [0.1, 0.15) is 5.76 Å². The normalized spacial score (nSPS) is 13.5. The molecule has 0 bridgehead atoms. The van der Waals surface area contributed by atoms with Gasteiger partial charge in [0.15, 0.2) is 5.58 Å². The molecule has 5 heteroatoms. The van der Waals surface area contributed by atoms with E-state index in [4.69, 9.17) is 27.6 Å². The molecular formula is C13H14BrCl2NO. The second-order valence-electron chi connectivity index (χ2n) is 4.56. The lowest BCUT2D eigenvalue weighted by atomic mass is 10.0. The van der Waals surface area contributed by atoms with Crippen molar-refractivity contribution in [3.05, 3.63) is 32.4 Å². The van der Waals surface area contributed by atoms with E-state index in [9.17, 15) is 0 Å². The van der Waals surface area contributed by atoms with E-state index in [1.807, 2.05) is 13.1 Å². The van der Waals surface area contributed by atoms with Gasteiger partial charge < -0.3 is 9.73 Å². The first kappa shape index (κ1) is 14.2. The van der Waals surface area contributed by atoms with Crippen LogP contribution >= 0.6 is 39.1 Å². The van der Waals surface area contributed by atoms with E-state index < -0.39 is 0 Å². The molecular weight excluding hydrogens is 337 g/mol. The molecule has 1 unspecified atom stereocenters. The molecule has 1 aromatic carbocycles. The highest BCUT2D eigenvalue weighted by Crippen LogP contribution is 2.39. The Morgan fingerprint density at radius 2 is 1.94 bits per heavy atom. The molecule has 98 valence electrons. The van der Waals surface area contributed by atoms with Gasteiger partial charge in [-0.1, -0.05) is 37.0 Å². The maximum absolute atomic E-state index is 6.25. The van der Waals surface area contributed by atoms with Crippen molar-refractivity contribution in [1.82, 2.24) is 5.32 Å². The van der Waals surface area contributed by atoms with Crippen LogP contribution in [-0.4, -0.2) is 7.05 Å². The summed E-state index contributed by atoms with van der Waals surface area (Å²) in [6.07, 6.45) is 0. The van der Waals surface area contributed by atoms with E-state index in [-0.39, 0.29) is 6.04 Å². The molecule has 0 aliphatic carbocycles. The standard InChI is InChI=1S/C13H14BrCl2NO/c1-6(2)12(17-3)10-4-7-11(16)8(14)5-9(15)13(7)18-10/h4-6,12,17H,1-3H3. The van der Waals surface area contributed by atoms with Crippen LogP contribution < -0.4 is 5.32 Å². The first-order valence-electron chi connectivity index (χ1n) is 5.70. The lowest BCUT2D eigenvalue weighted by Crippen LogP contribution is -2.20. The second-order valence-corrected chi connectivity index (χ2v) is 6.20. The van der Waals surface area contributed by atoms with E-state index >= 15 is 0 Å². The first-order valence-corrected chi connectivity index (χ1v) is 7.24. The number of fused-ring (bicyclic) bond motifs is 1. The lowest BCUT2D eigenvalue weighted by molar-refractivity contribution is 0.371. The summed E-state index contributed by atoms with van der Waals surface area (Å²) in [6.45, 7) is 4.26. The van der Waals surface area contributed by atoms with Gasteiger partial charge in [0.05, 0.1) is 16.1 Å². The smallest absolute Gasteiger partial charge is 0.154 e. The minimum absolute atomic E-state index is 0.142. The van der Waals surface area contributed by atoms with Gasteiger partial charge in [0.2, 0.25) is 0 Å². The number of furan rings is 1. The molecule has 0 fully saturated rings. The summed E-state index contributed by atoms with van der Waals surface area (Å²) in [5.74, 6) is 1.26. The van der Waals surface area contributed by atoms with Crippen molar-refractivity contribution in [2.75, 3.05) is 7.05 Å². The Labute approximate surface area is 125 Å². The van der Waals surface area contributed by atoms with Gasteiger partial charge in [-0.2, -0.15) is 0 Å². The average molecular weight is 351 g/mol. The minimum Gasteiger partial charge on any atom is -0.458 e. The van der Waals surface area contributed by atoms with Crippen LogP contribution in [0.4, 0.5) is 0 Å². The third kappa shape index (κ3) is 2.42. The lowest BCUT2D eigenvalue weighted by Gasteiger charge is -2.17. The van der Waals surface area contributed by atoms with Crippen LogP contribution in [-0.2, 0) is 0 Å². The van der Waals surface area contributed by atoms with Crippen LogP contribution in [0.15, 0.2) is 21.0 Å². The van der Waals surface area contributed by atoms with Crippen molar-refractivity contribution in [1.29, 1.82) is 0 Å². The van der Waals surface area contributed by atoms with Gasteiger partial charge in [-0.3, -0.25) is 0 Å². The Kier molecular flexibility index (Phi) is 4.27. The van der Waals surface area contributed by atoms with Gasteiger partial charge in [0.25, 0.3) is 0 Å². The molecule has 1 heterocycles. The van der Waals surface area contributed by atoms with Crippen molar-refractivity contribution in [3.8, 4) is 0 Å². The monoisotopic (exact) mass is 349 g/mol. The van der Waals surface area contributed by atoms with Crippen molar-refractivity contribution in [3.63, 3.8) is 0 Å². The summed E-state index contributed by atoms with van der Waals surface area (Å²) >= 11 is 15.8. The molecule has 0 aliphatic heterocycles. The highest BCUT2D eigenvalue weighted by Gasteiger charge is 2.21. The van der Waals surface area contributed by atoms with Crippen LogP contribution in [0.25, 0.3) is 11.0 Å². The Bertz CT molecular complexity index is 580. The van der Waals surface area contributed by atoms with E-state index in [2.05, 4.69) is 35.1 Å². The van der Waals surface area contributed by atoms with Gasteiger partial charge in [-0.05, 0) is 41.0 Å². The highest BCUT2D eigenvalue weighted by atomic mass is 79.9. The number of benzene rings is 1. The second kappa shape index (κ2) is 5.41. The zero-order valence-electron chi connectivity index (χ0n) is 10.4.